The monoisotopic (exact) mass is 600 g/mol. The Balaban J connectivity index is 1.71. The van der Waals surface area contributed by atoms with E-state index in [1.54, 1.807) is 63.0 Å². The van der Waals surface area contributed by atoms with Crippen LogP contribution in [-0.2, 0) is 31.2 Å². The van der Waals surface area contributed by atoms with Gasteiger partial charge in [-0.15, -0.1) is 0 Å². The summed E-state index contributed by atoms with van der Waals surface area (Å²) in [7, 11) is 0.911. The van der Waals surface area contributed by atoms with Crippen molar-refractivity contribution in [3.63, 3.8) is 0 Å². The van der Waals surface area contributed by atoms with Crippen molar-refractivity contribution in [2.45, 2.75) is 51.0 Å². The molecule has 0 atom stereocenters. The van der Waals surface area contributed by atoms with Gasteiger partial charge < -0.3 is 24.5 Å². The molecule has 0 spiro atoms. The van der Waals surface area contributed by atoms with Crippen molar-refractivity contribution in [2.75, 3.05) is 24.5 Å². The van der Waals surface area contributed by atoms with Crippen molar-refractivity contribution in [3.05, 3.63) is 52.8 Å². The van der Waals surface area contributed by atoms with Crippen molar-refractivity contribution in [1.82, 2.24) is 18.7 Å². The first-order valence-corrected chi connectivity index (χ1v) is 15.5. The number of hydrogen-bond acceptors (Lipinski definition) is 8. The normalized spacial score (nSPS) is 11.7. The summed E-state index contributed by atoms with van der Waals surface area (Å²) in [5.41, 5.74) is 6.57. The van der Waals surface area contributed by atoms with Crippen LogP contribution in [0.15, 0.2) is 46.3 Å². The van der Waals surface area contributed by atoms with Gasteiger partial charge in [-0.05, 0) is 38.8 Å². The van der Waals surface area contributed by atoms with E-state index in [1.165, 1.54) is 15.3 Å². The highest BCUT2D eigenvalue weighted by molar-refractivity contribution is 7.92. The molecule has 0 bridgehead atoms. The largest absolute Gasteiger partial charge is 0.493 e. The Morgan fingerprint density at radius 3 is 2.12 bits per heavy atom. The first kappa shape index (κ1) is 31.0. The molecule has 12 nitrogen and oxygen atoms in total. The second-order valence-electron chi connectivity index (χ2n) is 10.2. The number of unbranched alkanes of at least 4 members (excludes halogenated alkanes) is 3. The summed E-state index contributed by atoms with van der Waals surface area (Å²) in [6.45, 7) is 5.44. The minimum atomic E-state index is -4.08. The average molecular weight is 601 g/mol. The number of imidazole rings is 2. The van der Waals surface area contributed by atoms with Gasteiger partial charge in [-0.2, -0.15) is 8.42 Å². The fourth-order valence-electron chi connectivity index (χ4n) is 4.45. The number of nitrogens with one attached hydrogen (secondary N) is 1. The van der Waals surface area contributed by atoms with Crippen molar-refractivity contribution < 1.29 is 22.6 Å². The Hall–Kier alpha value is -3.97. The van der Waals surface area contributed by atoms with E-state index >= 15 is 0 Å². The zero-order valence-corrected chi connectivity index (χ0v) is 25.7. The number of nitrogens with zero attached hydrogens (tertiary/aromatic N) is 4. The fourth-order valence-corrected chi connectivity index (χ4v) is 5.55. The maximum atomic E-state index is 13.3. The Labute approximate surface area is 246 Å². The molecule has 228 valence electrons. The number of aryl methyl sites for hydroxylation is 4. The Kier molecular flexibility index (Phi) is 9.84. The number of aromatic nitrogens is 4. The predicted molar refractivity (Wildman–Crippen MR) is 162 cm³/mol. The van der Waals surface area contributed by atoms with Gasteiger partial charge in [0.2, 0.25) is 0 Å². The molecule has 0 saturated heterocycles. The third-order valence-corrected chi connectivity index (χ3v) is 8.14. The highest BCUT2D eigenvalue weighted by Gasteiger charge is 2.23. The molecular formula is C29H40N6O6S. The zero-order valence-electron chi connectivity index (χ0n) is 24.8. The van der Waals surface area contributed by atoms with E-state index < -0.39 is 10.0 Å². The molecule has 0 aliphatic rings. The molecule has 42 heavy (non-hydrogen) atoms. The van der Waals surface area contributed by atoms with Gasteiger partial charge in [0, 0.05) is 51.6 Å². The summed E-state index contributed by atoms with van der Waals surface area (Å²) < 4.78 is 52.0. The molecular weight excluding hydrogens is 560 g/mol. The summed E-state index contributed by atoms with van der Waals surface area (Å²) >= 11 is 0. The maximum absolute atomic E-state index is 13.3. The minimum Gasteiger partial charge on any atom is -0.493 e. The van der Waals surface area contributed by atoms with Crippen molar-refractivity contribution >= 4 is 26.7 Å². The predicted octanol–water partition coefficient (Wildman–Crippen LogP) is 4.20. The first-order valence-electron chi connectivity index (χ1n) is 14.0. The number of nitrogens with two attached hydrogens (primary N) is 1. The molecule has 0 unspecified atom stereocenters. The quantitative estimate of drug-likeness (QED) is 0.193. The number of fused-ring (bicyclic) bond motifs is 1. The number of benzene rings is 2. The molecule has 0 aliphatic heterocycles. The topological polar surface area (TPSA) is 145 Å². The second-order valence-corrected chi connectivity index (χ2v) is 11.9. The lowest BCUT2D eigenvalue weighted by atomic mass is 10.2. The summed E-state index contributed by atoms with van der Waals surface area (Å²) in [5, 5.41) is -0.132. The Morgan fingerprint density at radius 1 is 0.881 bits per heavy atom. The lowest BCUT2D eigenvalue weighted by Gasteiger charge is -2.16. The molecule has 4 aromatic rings. The van der Waals surface area contributed by atoms with Crippen LogP contribution in [0.25, 0.3) is 11.0 Å². The number of rotatable bonds is 15. The van der Waals surface area contributed by atoms with E-state index in [0.717, 1.165) is 32.1 Å². The SMILES string of the molecule is CCCOc1cc(OCCCCCCN)cc(Oc2cc3c(cc2NS(=O)(=O)c2cn(C)c(C)n2)n(C)c(=O)n3C)c1. The highest BCUT2D eigenvalue weighted by atomic mass is 32.2. The molecule has 4 rings (SSSR count). The number of ether oxygens (including phenoxy) is 3. The molecule has 2 aromatic carbocycles. The van der Waals surface area contributed by atoms with Crippen LogP contribution in [0.3, 0.4) is 0 Å². The molecule has 3 N–H and O–H groups in total. The van der Waals surface area contributed by atoms with Crippen LogP contribution < -0.4 is 30.4 Å². The van der Waals surface area contributed by atoms with Gasteiger partial charge in [-0.1, -0.05) is 19.8 Å². The summed E-state index contributed by atoms with van der Waals surface area (Å²) in [6.07, 6.45) is 6.19. The molecule has 2 aromatic heterocycles. The lowest BCUT2D eigenvalue weighted by molar-refractivity contribution is 0.292. The van der Waals surface area contributed by atoms with E-state index in [0.29, 0.717) is 53.9 Å². The second kappa shape index (κ2) is 13.3. The van der Waals surface area contributed by atoms with Gasteiger partial charge in [-0.3, -0.25) is 13.9 Å². The molecule has 0 fully saturated rings. The smallest absolute Gasteiger partial charge is 0.328 e. The minimum absolute atomic E-state index is 0.132. The van der Waals surface area contributed by atoms with E-state index in [9.17, 15) is 13.2 Å². The molecule has 0 radical (unpaired) electrons. The molecule has 0 saturated carbocycles. The van der Waals surface area contributed by atoms with Gasteiger partial charge >= 0.3 is 5.69 Å². The zero-order chi connectivity index (χ0) is 30.4. The number of hydrogen-bond donors (Lipinski definition) is 2. The number of anilines is 1. The van der Waals surface area contributed by atoms with Gasteiger partial charge in [0.15, 0.2) is 10.8 Å². The van der Waals surface area contributed by atoms with Crippen LogP contribution in [-0.4, -0.2) is 46.9 Å². The van der Waals surface area contributed by atoms with Crippen LogP contribution in [0.2, 0.25) is 0 Å². The highest BCUT2D eigenvalue weighted by Crippen LogP contribution is 2.37. The van der Waals surface area contributed by atoms with E-state index in [2.05, 4.69) is 9.71 Å². The Bertz CT molecular complexity index is 1690. The molecule has 0 aliphatic carbocycles. The van der Waals surface area contributed by atoms with Crippen molar-refractivity contribution in [3.8, 4) is 23.0 Å². The van der Waals surface area contributed by atoms with Crippen molar-refractivity contribution in [2.24, 2.45) is 26.9 Å². The summed E-state index contributed by atoms with van der Waals surface area (Å²) in [5.74, 6) is 2.25. The third-order valence-electron chi connectivity index (χ3n) is 6.90. The van der Waals surface area contributed by atoms with Crippen LogP contribution in [0, 0.1) is 6.92 Å². The summed E-state index contributed by atoms with van der Waals surface area (Å²) in [6, 6.07) is 8.47. The standard InChI is InChI=1S/C29H40N6O6S/c1-6-12-39-21-14-22(40-13-10-8-7-9-11-30)16-23(15-21)41-27-18-26-25(34(4)29(36)35(26)5)17-24(27)32-42(37,38)28-19-33(3)20(2)31-28/h14-19,32H,6-13,30H2,1-5H3. The average Bonchev–Trinajstić information content (AvgIpc) is 3.40. The van der Waals surface area contributed by atoms with Gasteiger partial charge in [0.25, 0.3) is 10.0 Å². The first-order chi connectivity index (χ1) is 20.0. The van der Waals surface area contributed by atoms with E-state index in [-0.39, 0.29) is 22.2 Å². The fraction of sp³-hybridized carbons (Fsp3) is 0.448. The van der Waals surface area contributed by atoms with Crippen LogP contribution in [0.5, 0.6) is 23.0 Å². The number of sulfonamides is 1. The van der Waals surface area contributed by atoms with Gasteiger partial charge in [-0.25, -0.2) is 9.78 Å². The van der Waals surface area contributed by atoms with Crippen LogP contribution >= 0.6 is 0 Å². The van der Waals surface area contributed by atoms with Crippen LogP contribution in [0.4, 0.5) is 5.69 Å². The van der Waals surface area contributed by atoms with Crippen LogP contribution in [0.1, 0.15) is 44.9 Å². The van der Waals surface area contributed by atoms with Crippen molar-refractivity contribution in [1.29, 1.82) is 0 Å². The van der Waals surface area contributed by atoms with E-state index in [1.807, 2.05) is 6.92 Å². The molecule has 0 amide bonds. The lowest BCUT2D eigenvalue weighted by Crippen LogP contribution is -2.19. The third kappa shape index (κ3) is 7.08. The van der Waals surface area contributed by atoms with Gasteiger partial charge in [0.1, 0.15) is 23.1 Å². The summed E-state index contributed by atoms with van der Waals surface area (Å²) in [4.78, 5) is 16.8. The van der Waals surface area contributed by atoms with Gasteiger partial charge in [0.05, 0.1) is 29.9 Å². The maximum Gasteiger partial charge on any atom is 0.328 e. The van der Waals surface area contributed by atoms with E-state index in [4.69, 9.17) is 19.9 Å². The molecule has 2 heterocycles. The Morgan fingerprint density at radius 2 is 1.50 bits per heavy atom. The molecule has 13 heteroatoms.